The van der Waals surface area contributed by atoms with Gasteiger partial charge in [-0.1, -0.05) is 30.3 Å². The molecule has 0 aromatic heterocycles. The third kappa shape index (κ3) is 5.68. The van der Waals surface area contributed by atoms with Crippen LogP contribution in [-0.2, 0) is 14.8 Å². The van der Waals surface area contributed by atoms with Gasteiger partial charge in [0.1, 0.15) is 6.04 Å². The van der Waals surface area contributed by atoms with E-state index in [4.69, 9.17) is 0 Å². The van der Waals surface area contributed by atoms with Crippen LogP contribution < -0.4 is 14.9 Å². The van der Waals surface area contributed by atoms with Gasteiger partial charge in [0.25, 0.3) is 5.91 Å². The van der Waals surface area contributed by atoms with Crippen molar-refractivity contribution in [2.75, 3.05) is 22.4 Å². The number of hydrogen-bond donors (Lipinski definition) is 2. The molecule has 2 aromatic carbocycles. The fourth-order valence-corrected chi connectivity index (χ4v) is 4.03. The van der Waals surface area contributed by atoms with Crippen molar-refractivity contribution in [1.82, 2.24) is 5.32 Å². The average Bonchev–Trinajstić information content (AvgIpc) is 2.65. The molecule has 154 valence electrons. The van der Waals surface area contributed by atoms with Gasteiger partial charge in [0, 0.05) is 6.54 Å². The van der Waals surface area contributed by atoms with Gasteiger partial charge in [0.2, 0.25) is 15.9 Å². The normalized spacial score (nSPS) is 12.0. The van der Waals surface area contributed by atoms with Crippen LogP contribution in [-0.4, -0.2) is 39.1 Å². The van der Waals surface area contributed by atoms with Crippen LogP contribution in [0.15, 0.2) is 61.2 Å². The number of sulfonamides is 1. The summed E-state index contributed by atoms with van der Waals surface area (Å²) >= 11 is 0. The molecule has 0 aliphatic heterocycles. The Morgan fingerprint density at radius 3 is 2.48 bits per heavy atom. The third-order valence-electron chi connectivity index (χ3n) is 4.18. The molecule has 2 amide bonds. The zero-order chi connectivity index (χ0) is 21.6. The van der Waals surface area contributed by atoms with E-state index in [0.29, 0.717) is 11.4 Å². The molecule has 2 aromatic rings. The minimum absolute atomic E-state index is 0.274. The Bertz CT molecular complexity index is 1020. The third-order valence-corrected chi connectivity index (χ3v) is 5.42. The number of aryl methyl sites for hydroxylation is 1. The Hall–Kier alpha value is -3.13. The number of hydrogen-bond acceptors (Lipinski definition) is 4. The van der Waals surface area contributed by atoms with Gasteiger partial charge in [-0.3, -0.25) is 13.9 Å². The highest BCUT2D eigenvalue weighted by molar-refractivity contribution is 7.92. The van der Waals surface area contributed by atoms with Gasteiger partial charge in [0.15, 0.2) is 0 Å². The minimum Gasteiger partial charge on any atom is -0.349 e. The molecule has 0 heterocycles. The zero-order valence-electron chi connectivity index (χ0n) is 16.7. The molecule has 0 aliphatic rings. The number of para-hydroxylation sites is 1. The first-order chi connectivity index (χ1) is 13.6. The Labute approximate surface area is 171 Å². The van der Waals surface area contributed by atoms with Crippen LogP contribution in [0.5, 0.6) is 0 Å². The summed E-state index contributed by atoms with van der Waals surface area (Å²) in [5.41, 5.74) is 1.83. The van der Waals surface area contributed by atoms with E-state index in [0.717, 1.165) is 16.1 Å². The zero-order valence-corrected chi connectivity index (χ0v) is 17.5. The highest BCUT2D eigenvalue weighted by Crippen LogP contribution is 2.23. The second-order valence-corrected chi connectivity index (χ2v) is 8.47. The average molecular weight is 416 g/mol. The van der Waals surface area contributed by atoms with Gasteiger partial charge in [-0.05, 0) is 43.7 Å². The molecule has 1 atom stereocenters. The Morgan fingerprint density at radius 1 is 1.17 bits per heavy atom. The second-order valence-electron chi connectivity index (χ2n) is 6.61. The van der Waals surface area contributed by atoms with Crippen molar-refractivity contribution in [2.24, 2.45) is 0 Å². The second kappa shape index (κ2) is 9.38. The SMILES string of the molecule is C=CCNC(=O)c1ccccc1NC(=O)C(C)N(c1cccc(C)c1)S(C)(=O)=O. The molecule has 0 spiro atoms. The van der Waals surface area contributed by atoms with E-state index >= 15 is 0 Å². The maximum Gasteiger partial charge on any atom is 0.253 e. The molecular weight excluding hydrogens is 390 g/mol. The molecular formula is C21H25N3O4S. The van der Waals surface area contributed by atoms with Gasteiger partial charge in [-0.2, -0.15) is 0 Å². The number of nitrogens with zero attached hydrogens (tertiary/aromatic N) is 1. The number of nitrogens with one attached hydrogen (secondary N) is 2. The van der Waals surface area contributed by atoms with E-state index < -0.39 is 22.0 Å². The Kier molecular flexibility index (Phi) is 7.17. The first kappa shape index (κ1) is 22.2. The monoisotopic (exact) mass is 415 g/mol. The van der Waals surface area contributed by atoms with Crippen molar-refractivity contribution in [1.29, 1.82) is 0 Å². The van der Waals surface area contributed by atoms with E-state index in [9.17, 15) is 18.0 Å². The minimum atomic E-state index is -3.73. The molecule has 29 heavy (non-hydrogen) atoms. The van der Waals surface area contributed by atoms with Gasteiger partial charge in [0.05, 0.1) is 23.2 Å². The van der Waals surface area contributed by atoms with Crippen molar-refractivity contribution in [2.45, 2.75) is 19.9 Å². The maximum absolute atomic E-state index is 12.9. The van der Waals surface area contributed by atoms with Crippen LogP contribution in [0.2, 0.25) is 0 Å². The van der Waals surface area contributed by atoms with Crippen LogP contribution in [0.1, 0.15) is 22.8 Å². The van der Waals surface area contributed by atoms with Crippen molar-refractivity contribution < 1.29 is 18.0 Å². The van der Waals surface area contributed by atoms with E-state index in [1.165, 1.54) is 6.92 Å². The van der Waals surface area contributed by atoms with Gasteiger partial charge < -0.3 is 10.6 Å². The predicted molar refractivity (Wildman–Crippen MR) is 116 cm³/mol. The molecule has 2 N–H and O–H groups in total. The Balaban J connectivity index is 2.32. The lowest BCUT2D eigenvalue weighted by atomic mass is 10.1. The number of anilines is 2. The van der Waals surface area contributed by atoms with Crippen molar-refractivity contribution in [3.05, 3.63) is 72.3 Å². The topological polar surface area (TPSA) is 95.6 Å². The molecule has 0 saturated carbocycles. The molecule has 8 heteroatoms. The highest BCUT2D eigenvalue weighted by Gasteiger charge is 2.29. The summed E-state index contributed by atoms with van der Waals surface area (Å²) in [6.07, 6.45) is 2.60. The van der Waals surface area contributed by atoms with E-state index in [-0.39, 0.29) is 18.0 Å². The van der Waals surface area contributed by atoms with E-state index in [1.54, 1.807) is 48.5 Å². The van der Waals surface area contributed by atoms with E-state index in [1.807, 2.05) is 13.0 Å². The molecule has 0 radical (unpaired) electrons. The number of rotatable bonds is 8. The summed E-state index contributed by atoms with van der Waals surface area (Å²) in [5, 5.41) is 5.33. The fraction of sp³-hybridized carbons (Fsp3) is 0.238. The number of carbonyl (C=O) groups excluding carboxylic acids is 2. The lowest BCUT2D eigenvalue weighted by Crippen LogP contribution is -2.45. The van der Waals surface area contributed by atoms with Crippen molar-refractivity contribution in [3.63, 3.8) is 0 Å². The molecule has 7 nitrogen and oxygen atoms in total. The van der Waals surface area contributed by atoms with Crippen molar-refractivity contribution in [3.8, 4) is 0 Å². The predicted octanol–water partition coefficient (Wildman–Crippen LogP) is 2.70. The molecule has 0 aliphatic carbocycles. The fourth-order valence-electron chi connectivity index (χ4n) is 2.86. The standard InChI is InChI=1S/C21H25N3O4S/c1-5-13-22-21(26)18-11-6-7-12-19(18)23-20(25)16(3)24(29(4,27)28)17-10-8-9-15(2)14-17/h5-12,14,16H,1,13H2,2-4H3,(H,22,26)(H,23,25). The number of benzene rings is 2. The Morgan fingerprint density at radius 2 is 1.86 bits per heavy atom. The van der Waals surface area contributed by atoms with Crippen LogP contribution in [0.25, 0.3) is 0 Å². The largest absolute Gasteiger partial charge is 0.349 e. The molecule has 0 saturated heterocycles. The lowest BCUT2D eigenvalue weighted by molar-refractivity contribution is -0.116. The maximum atomic E-state index is 12.9. The first-order valence-corrected chi connectivity index (χ1v) is 10.8. The molecule has 0 fully saturated rings. The van der Waals surface area contributed by atoms with Crippen LogP contribution >= 0.6 is 0 Å². The summed E-state index contributed by atoms with van der Waals surface area (Å²) in [4.78, 5) is 25.2. The summed E-state index contributed by atoms with van der Waals surface area (Å²) < 4.78 is 25.9. The summed E-state index contributed by atoms with van der Waals surface area (Å²) in [6.45, 7) is 7.17. The number of amides is 2. The van der Waals surface area contributed by atoms with E-state index in [2.05, 4.69) is 17.2 Å². The number of carbonyl (C=O) groups is 2. The molecule has 1 unspecified atom stereocenters. The van der Waals surface area contributed by atoms with Crippen molar-refractivity contribution >= 4 is 33.2 Å². The summed E-state index contributed by atoms with van der Waals surface area (Å²) in [7, 11) is -3.73. The van der Waals surface area contributed by atoms with Gasteiger partial charge in [-0.25, -0.2) is 8.42 Å². The first-order valence-electron chi connectivity index (χ1n) is 9.00. The summed E-state index contributed by atoms with van der Waals surface area (Å²) in [5.74, 6) is -0.923. The van der Waals surface area contributed by atoms with Gasteiger partial charge >= 0.3 is 0 Å². The highest BCUT2D eigenvalue weighted by atomic mass is 32.2. The van der Waals surface area contributed by atoms with Gasteiger partial charge in [-0.15, -0.1) is 6.58 Å². The van der Waals surface area contributed by atoms with Crippen LogP contribution in [0.3, 0.4) is 0 Å². The quantitative estimate of drug-likeness (QED) is 0.648. The lowest BCUT2D eigenvalue weighted by Gasteiger charge is -2.28. The summed E-state index contributed by atoms with van der Waals surface area (Å²) in [6, 6.07) is 12.4. The smallest absolute Gasteiger partial charge is 0.253 e. The molecule has 0 bridgehead atoms. The molecule has 2 rings (SSSR count). The van der Waals surface area contributed by atoms with Crippen LogP contribution in [0.4, 0.5) is 11.4 Å². The van der Waals surface area contributed by atoms with Crippen LogP contribution in [0, 0.1) is 6.92 Å².